The monoisotopic (exact) mass is 308 g/mol. The average Bonchev–Trinajstić information content (AvgIpc) is 2.39. The number of anilines is 1. The maximum Gasteiger partial charge on any atom is 0.258 e. The molecule has 0 fully saturated rings. The molecule has 1 aromatic heterocycles. The number of ether oxygens (including phenoxy) is 2. The third kappa shape index (κ3) is 4.22. The fourth-order valence-corrected chi connectivity index (χ4v) is 1.62. The number of carbonyl (C=O) groups is 1. The van der Waals surface area contributed by atoms with Gasteiger partial charge in [-0.3, -0.25) is 4.79 Å². The molecule has 1 aromatic carbocycles. The summed E-state index contributed by atoms with van der Waals surface area (Å²) in [4.78, 5) is 18.5. The average molecular weight is 309 g/mol. The SMILES string of the molecule is CC(Oc1ccc(Oc2cc(Cl)nc(N)n2)cc1)C(N)=O. The third-order valence-corrected chi connectivity index (χ3v) is 2.64. The van der Waals surface area contributed by atoms with Crippen LogP contribution in [0.5, 0.6) is 17.4 Å². The van der Waals surface area contributed by atoms with Crippen molar-refractivity contribution >= 4 is 23.5 Å². The number of carbonyl (C=O) groups excluding carboxylic acids is 1. The highest BCUT2D eigenvalue weighted by atomic mass is 35.5. The largest absolute Gasteiger partial charge is 0.481 e. The van der Waals surface area contributed by atoms with E-state index in [1.54, 1.807) is 31.2 Å². The molecule has 1 unspecified atom stereocenters. The van der Waals surface area contributed by atoms with Gasteiger partial charge in [-0.05, 0) is 31.2 Å². The number of halogens is 1. The van der Waals surface area contributed by atoms with Crippen molar-refractivity contribution in [1.82, 2.24) is 9.97 Å². The highest BCUT2D eigenvalue weighted by molar-refractivity contribution is 6.29. The number of rotatable bonds is 5. The zero-order valence-electron chi connectivity index (χ0n) is 11.1. The van der Waals surface area contributed by atoms with Crippen molar-refractivity contribution in [2.45, 2.75) is 13.0 Å². The first-order valence-electron chi connectivity index (χ1n) is 5.98. The number of primary amides is 1. The summed E-state index contributed by atoms with van der Waals surface area (Å²) < 4.78 is 10.8. The van der Waals surface area contributed by atoms with Gasteiger partial charge in [-0.15, -0.1) is 0 Å². The molecule has 0 saturated heterocycles. The Morgan fingerprint density at radius 3 is 2.43 bits per heavy atom. The number of benzene rings is 1. The van der Waals surface area contributed by atoms with E-state index in [1.165, 1.54) is 6.07 Å². The lowest BCUT2D eigenvalue weighted by molar-refractivity contribution is -0.123. The maximum absolute atomic E-state index is 10.9. The lowest BCUT2D eigenvalue weighted by atomic mass is 10.3. The van der Waals surface area contributed by atoms with E-state index in [-0.39, 0.29) is 17.0 Å². The summed E-state index contributed by atoms with van der Waals surface area (Å²) in [6.07, 6.45) is -0.711. The van der Waals surface area contributed by atoms with Gasteiger partial charge in [0.2, 0.25) is 11.8 Å². The molecule has 7 nitrogen and oxygen atoms in total. The molecule has 2 rings (SSSR count). The van der Waals surface area contributed by atoms with Crippen LogP contribution in [-0.2, 0) is 4.79 Å². The molecule has 0 aliphatic heterocycles. The first-order valence-corrected chi connectivity index (χ1v) is 6.36. The molecule has 1 amide bonds. The van der Waals surface area contributed by atoms with Crippen molar-refractivity contribution in [1.29, 1.82) is 0 Å². The molecular weight excluding hydrogens is 296 g/mol. The third-order valence-electron chi connectivity index (χ3n) is 2.45. The predicted molar refractivity (Wildman–Crippen MR) is 77.3 cm³/mol. The number of amides is 1. The minimum atomic E-state index is -0.711. The van der Waals surface area contributed by atoms with Crippen LogP contribution in [0.15, 0.2) is 30.3 Å². The van der Waals surface area contributed by atoms with Gasteiger partial charge in [0.05, 0.1) is 0 Å². The first-order chi connectivity index (χ1) is 9.94. The number of nitrogens with two attached hydrogens (primary N) is 2. The minimum absolute atomic E-state index is 0.0211. The van der Waals surface area contributed by atoms with Crippen molar-refractivity contribution in [3.8, 4) is 17.4 Å². The van der Waals surface area contributed by atoms with Crippen molar-refractivity contribution < 1.29 is 14.3 Å². The van der Waals surface area contributed by atoms with Crippen LogP contribution in [0.2, 0.25) is 5.15 Å². The number of aromatic nitrogens is 2. The standard InChI is InChI=1S/C13H13ClN4O3/c1-7(12(15)19)20-8-2-4-9(5-3-8)21-11-6-10(14)17-13(16)18-11/h2-7H,1H3,(H2,15,19)(H2,16,17,18). The Labute approximate surface area is 125 Å². The van der Waals surface area contributed by atoms with E-state index in [9.17, 15) is 4.79 Å². The molecule has 8 heteroatoms. The summed E-state index contributed by atoms with van der Waals surface area (Å²) in [7, 11) is 0. The predicted octanol–water partition coefficient (Wildman–Crippen LogP) is 1.76. The van der Waals surface area contributed by atoms with Crippen molar-refractivity contribution in [3.05, 3.63) is 35.5 Å². The lowest BCUT2D eigenvalue weighted by Crippen LogP contribution is -2.30. The molecule has 21 heavy (non-hydrogen) atoms. The van der Waals surface area contributed by atoms with E-state index in [0.717, 1.165) is 0 Å². The van der Waals surface area contributed by atoms with Gasteiger partial charge in [-0.2, -0.15) is 4.98 Å². The van der Waals surface area contributed by atoms with Crippen LogP contribution in [0, 0.1) is 0 Å². The summed E-state index contributed by atoms with van der Waals surface area (Å²) in [6.45, 7) is 1.57. The van der Waals surface area contributed by atoms with Crippen LogP contribution in [0.4, 0.5) is 5.95 Å². The molecule has 0 aliphatic carbocycles. The minimum Gasteiger partial charge on any atom is -0.481 e. The second-order valence-corrected chi connectivity index (χ2v) is 4.51. The van der Waals surface area contributed by atoms with Gasteiger partial charge in [0.1, 0.15) is 16.7 Å². The summed E-state index contributed by atoms with van der Waals surface area (Å²) >= 11 is 5.75. The van der Waals surface area contributed by atoms with Crippen LogP contribution in [0.3, 0.4) is 0 Å². The quantitative estimate of drug-likeness (QED) is 0.814. The highest BCUT2D eigenvalue weighted by Gasteiger charge is 2.10. The van der Waals surface area contributed by atoms with E-state index in [1.807, 2.05) is 0 Å². The summed E-state index contributed by atoms with van der Waals surface area (Å²) in [5.74, 6) is 0.706. The zero-order chi connectivity index (χ0) is 15.4. The Kier molecular flexibility index (Phi) is 4.44. The number of hydrogen-bond acceptors (Lipinski definition) is 6. The molecule has 110 valence electrons. The molecule has 0 radical (unpaired) electrons. The van der Waals surface area contributed by atoms with Crippen LogP contribution in [0.25, 0.3) is 0 Å². The maximum atomic E-state index is 10.9. The molecule has 0 aliphatic rings. The van der Waals surface area contributed by atoms with Gasteiger partial charge in [0.25, 0.3) is 5.91 Å². The van der Waals surface area contributed by atoms with E-state index in [4.69, 9.17) is 32.5 Å². The molecule has 0 saturated carbocycles. The van der Waals surface area contributed by atoms with Gasteiger partial charge in [0, 0.05) is 6.07 Å². The number of hydrogen-bond donors (Lipinski definition) is 2. The number of nitrogens with zero attached hydrogens (tertiary/aromatic N) is 2. The molecule has 0 bridgehead atoms. The first kappa shape index (κ1) is 14.9. The fourth-order valence-electron chi connectivity index (χ4n) is 1.44. The van der Waals surface area contributed by atoms with Crippen molar-refractivity contribution in [3.63, 3.8) is 0 Å². The fraction of sp³-hybridized carbons (Fsp3) is 0.154. The zero-order valence-corrected chi connectivity index (χ0v) is 11.9. The lowest BCUT2D eigenvalue weighted by Gasteiger charge is -2.11. The van der Waals surface area contributed by atoms with Crippen molar-refractivity contribution in [2.24, 2.45) is 5.73 Å². The molecule has 4 N–H and O–H groups in total. The Hall–Kier alpha value is -2.54. The van der Waals surface area contributed by atoms with Crippen LogP contribution in [-0.4, -0.2) is 22.0 Å². The topological polar surface area (TPSA) is 113 Å². The smallest absolute Gasteiger partial charge is 0.258 e. The van der Waals surface area contributed by atoms with Gasteiger partial charge < -0.3 is 20.9 Å². The highest BCUT2D eigenvalue weighted by Crippen LogP contribution is 2.24. The number of nitrogen functional groups attached to an aromatic ring is 1. The second-order valence-electron chi connectivity index (χ2n) is 4.12. The Morgan fingerprint density at radius 1 is 1.24 bits per heavy atom. The van der Waals surface area contributed by atoms with Gasteiger partial charge in [-0.1, -0.05) is 11.6 Å². The summed E-state index contributed by atoms with van der Waals surface area (Å²) in [5, 5.41) is 0.188. The second kappa shape index (κ2) is 6.27. The van der Waals surface area contributed by atoms with Crippen molar-refractivity contribution in [2.75, 3.05) is 5.73 Å². The Bertz CT molecular complexity index is 628. The molecular formula is C13H13ClN4O3. The molecule has 2 aromatic rings. The van der Waals surface area contributed by atoms with E-state index in [2.05, 4.69) is 9.97 Å². The van der Waals surface area contributed by atoms with Crippen LogP contribution < -0.4 is 20.9 Å². The normalized spacial score (nSPS) is 11.7. The van der Waals surface area contributed by atoms with Gasteiger partial charge in [-0.25, -0.2) is 4.98 Å². The van der Waals surface area contributed by atoms with Crippen LogP contribution >= 0.6 is 11.6 Å². The summed E-state index contributed by atoms with van der Waals surface area (Å²) in [6, 6.07) is 8.02. The molecule has 1 heterocycles. The van der Waals surface area contributed by atoms with Crippen LogP contribution in [0.1, 0.15) is 6.92 Å². The molecule has 1 atom stereocenters. The van der Waals surface area contributed by atoms with Gasteiger partial charge >= 0.3 is 0 Å². The van der Waals surface area contributed by atoms with E-state index >= 15 is 0 Å². The van der Waals surface area contributed by atoms with E-state index in [0.29, 0.717) is 11.5 Å². The Balaban J connectivity index is 2.07. The van der Waals surface area contributed by atoms with Gasteiger partial charge in [0.15, 0.2) is 6.10 Å². The van der Waals surface area contributed by atoms with E-state index < -0.39 is 12.0 Å². The summed E-state index contributed by atoms with van der Waals surface area (Å²) in [5.41, 5.74) is 10.6. The molecule has 0 spiro atoms. The Morgan fingerprint density at radius 2 is 1.86 bits per heavy atom.